The lowest BCUT2D eigenvalue weighted by Crippen LogP contribution is -2.47. The lowest BCUT2D eigenvalue weighted by atomic mass is 10.2. The van der Waals surface area contributed by atoms with Crippen molar-refractivity contribution in [2.45, 2.75) is 0 Å². The van der Waals surface area contributed by atoms with Crippen LogP contribution in [0.25, 0.3) is 22.2 Å². The first-order chi connectivity index (χ1) is 14.3. The van der Waals surface area contributed by atoms with Gasteiger partial charge in [0, 0.05) is 66.7 Å². The number of hydrogen-bond donors (Lipinski definition) is 1. The molecule has 1 fully saturated rings. The Bertz CT molecular complexity index is 1060. The number of carbonyl (C=O) groups excluding carboxylic acids is 1. The molecular weight excluding hydrogens is 342 g/mol. The van der Waals surface area contributed by atoms with Crippen LogP contribution < -0.4 is 5.32 Å². The van der Waals surface area contributed by atoms with E-state index in [0.29, 0.717) is 29.1 Å². The average molecular weight is 368 g/mol. The zero-order chi connectivity index (χ0) is 21.3. The van der Waals surface area contributed by atoms with Crippen molar-refractivity contribution in [3.05, 3.63) is 36.8 Å². The van der Waals surface area contributed by atoms with Crippen molar-refractivity contribution in [1.82, 2.24) is 29.5 Å². The number of pyridine rings is 2. The Labute approximate surface area is 162 Å². The molecule has 0 bridgehead atoms. The van der Waals surface area contributed by atoms with Gasteiger partial charge in [0.05, 0.1) is 24.0 Å². The number of nitrogens with zero attached hydrogens (tertiary/aromatic N) is 6. The van der Waals surface area contributed by atoms with Gasteiger partial charge in [-0.1, -0.05) is 0 Å². The summed E-state index contributed by atoms with van der Waals surface area (Å²) in [6.45, 7) is 1.63. The van der Waals surface area contributed by atoms with Crippen molar-refractivity contribution in [1.29, 1.82) is 0 Å². The van der Waals surface area contributed by atoms with E-state index in [1.54, 1.807) is 18.3 Å². The molecule has 8 heteroatoms. The molecule has 0 atom stereocenters. The molecule has 4 rings (SSSR count). The number of likely N-dealkylation sites (N-methyl/N-ethyl adjacent to an activating group) is 1. The number of carbonyl (C=O) groups is 1. The first-order valence-corrected chi connectivity index (χ1v) is 8.81. The first-order valence-electron chi connectivity index (χ1n) is 10.3. The van der Waals surface area contributed by atoms with E-state index >= 15 is 0 Å². The Balaban J connectivity index is 1.49. The monoisotopic (exact) mass is 368 g/mol. The second-order valence-electron chi connectivity index (χ2n) is 6.76. The fraction of sp³-hybridized carbons (Fsp3) is 0.368. The molecule has 1 amide bonds. The lowest BCUT2D eigenvalue weighted by Gasteiger charge is -2.31. The van der Waals surface area contributed by atoms with E-state index in [2.05, 4.69) is 37.2 Å². The van der Waals surface area contributed by atoms with Crippen molar-refractivity contribution in [3.63, 3.8) is 0 Å². The molecule has 0 aromatic carbocycles. The van der Waals surface area contributed by atoms with Gasteiger partial charge in [-0.2, -0.15) is 5.10 Å². The predicted molar refractivity (Wildman–Crippen MR) is 104 cm³/mol. The third-order valence-corrected chi connectivity index (χ3v) is 4.68. The highest BCUT2D eigenvalue weighted by Crippen LogP contribution is 2.21. The maximum atomic E-state index is 12.4. The third-order valence-electron chi connectivity index (χ3n) is 4.68. The van der Waals surface area contributed by atoms with E-state index in [9.17, 15) is 4.79 Å². The van der Waals surface area contributed by atoms with Gasteiger partial charge < -0.3 is 10.2 Å². The number of piperazine rings is 1. The molecular formula is C19H23N7O. The van der Waals surface area contributed by atoms with E-state index in [1.807, 2.05) is 6.07 Å². The van der Waals surface area contributed by atoms with Crippen LogP contribution in [0, 0.1) is 0 Å². The lowest BCUT2D eigenvalue weighted by molar-refractivity contribution is -0.117. The summed E-state index contributed by atoms with van der Waals surface area (Å²) in [5.41, 5.74) is 1.85. The van der Waals surface area contributed by atoms with Gasteiger partial charge in [-0.15, -0.1) is 0 Å². The molecule has 1 aliphatic rings. The molecule has 140 valence electrons. The Morgan fingerprint density at radius 3 is 2.89 bits per heavy atom. The van der Waals surface area contributed by atoms with Gasteiger partial charge in [-0.25, -0.2) is 9.97 Å². The fourth-order valence-corrected chi connectivity index (χ4v) is 3.09. The SMILES string of the molecule is [2H]C([2H])([2H])n1cc(-c2ccc3cnc(NC(=O)CN4CCN(C)CC4)cc3n2)cn1. The average Bonchev–Trinajstić information content (AvgIpc) is 3.20. The number of aromatic nitrogens is 4. The summed E-state index contributed by atoms with van der Waals surface area (Å²) in [7, 11) is 2.08. The Kier molecular flexibility index (Phi) is 3.91. The maximum Gasteiger partial charge on any atom is 0.239 e. The van der Waals surface area contributed by atoms with Crippen molar-refractivity contribution in [2.24, 2.45) is 6.98 Å². The van der Waals surface area contributed by atoms with Crippen LogP contribution in [0.3, 0.4) is 0 Å². The molecule has 0 unspecified atom stereocenters. The number of amides is 1. The number of hydrogen-bond acceptors (Lipinski definition) is 6. The summed E-state index contributed by atoms with van der Waals surface area (Å²) in [4.78, 5) is 25.6. The highest BCUT2D eigenvalue weighted by atomic mass is 16.2. The Hall–Kier alpha value is -2.84. The highest BCUT2D eigenvalue weighted by molar-refractivity contribution is 5.93. The van der Waals surface area contributed by atoms with Gasteiger partial charge in [0.15, 0.2) is 0 Å². The van der Waals surface area contributed by atoms with Gasteiger partial charge >= 0.3 is 0 Å². The van der Waals surface area contributed by atoms with E-state index in [4.69, 9.17) is 4.11 Å². The summed E-state index contributed by atoms with van der Waals surface area (Å²) in [5, 5.41) is 7.56. The van der Waals surface area contributed by atoms with Crippen molar-refractivity contribution in [2.75, 3.05) is 45.1 Å². The topological polar surface area (TPSA) is 79.2 Å². The normalized spacial score (nSPS) is 18.0. The minimum absolute atomic E-state index is 0.110. The number of fused-ring (bicyclic) bond motifs is 1. The van der Waals surface area contributed by atoms with Gasteiger partial charge in [0.25, 0.3) is 0 Å². The van der Waals surface area contributed by atoms with Crippen LogP contribution in [0.4, 0.5) is 5.82 Å². The molecule has 3 aromatic rings. The second kappa shape index (κ2) is 7.42. The summed E-state index contributed by atoms with van der Waals surface area (Å²) >= 11 is 0. The summed E-state index contributed by atoms with van der Waals surface area (Å²) in [5.74, 6) is 0.325. The Morgan fingerprint density at radius 1 is 1.26 bits per heavy atom. The van der Waals surface area contributed by atoms with Crippen LogP contribution in [0.5, 0.6) is 0 Å². The summed E-state index contributed by atoms with van der Waals surface area (Å²) in [6.07, 6.45) is 4.57. The molecule has 0 saturated carbocycles. The molecule has 3 aromatic heterocycles. The standard InChI is InChI=1S/C19H23N7O/c1-24-5-7-26(8-6-24)13-19(27)23-18-9-17-14(10-20-18)3-4-16(22-17)15-11-21-25(2)12-15/h3-4,9-12H,5-8,13H2,1-2H3,(H,20,23,27)/i2D3. The summed E-state index contributed by atoms with van der Waals surface area (Å²) in [6, 6.07) is 5.36. The minimum atomic E-state index is -2.33. The highest BCUT2D eigenvalue weighted by Gasteiger charge is 2.17. The van der Waals surface area contributed by atoms with Crippen molar-refractivity contribution < 1.29 is 8.91 Å². The van der Waals surface area contributed by atoms with Gasteiger partial charge in [-0.05, 0) is 19.2 Å². The molecule has 27 heavy (non-hydrogen) atoms. The second-order valence-corrected chi connectivity index (χ2v) is 6.76. The van der Waals surface area contributed by atoms with Crippen LogP contribution in [0.2, 0.25) is 0 Å². The van der Waals surface area contributed by atoms with Crippen LogP contribution in [-0.2, 0) is 11.8 Å². The van der Waals surface area contributed by atoms with E-state index in [0.717, 1.165) is 36.2 Å². The van der Waals surface area contributed by atoms with Crippen molar-refractivity contribution in [3.8, 4) is 11.3 Å². The minimum Gasteiger partial charge on any atom is -0.310 e. The number of anilines is 1. The third kappa shape index (κ3) is 4.12. The molecule has 0 spiro atoms. The molecule has 4 heterocycles. The molecule has 0 aliphatic carbocycles. The van der Waals surface area contributed by atoms with Gasteiger partial charge in [0.1, 0.15) is 5.82 Å². The molecule has 1 aliphatic heterocycles. The van der Waals surface area contributed by atoms with Crippen molar-refractivity contribution >= 4 is 22.6 Å². The zero-order valence-corrected chi connectivity index (χ0v) is 15.1. The summed E-state index contributed by atoms with van der Waals surface area (Å²) < 4.78 is 23.2. The van der Waals surface area contributed by atoms with Crippen LogP contribution >= 0.6 is 0 Å². The first kappa shape index (κ1) is 14.2. The number of aryl methyl sites for hydroxylation is 1. The van der Waals surface area contributed by atoms with Crippen LogP contribution in [0.1, 0.15) is 4.11 Å². The van der Waals surface area contributed by atoms with Gasteiger partial charge in [-0.3, -0.25) is 14.4 Å². The van der Waals surface area contributed by atoms with Crippen LogP contribution in [-0.4, -0.2) is 75.2 Å². The fourth-order valence-electron chi connectivity index (χ4n) is 3.09. The molecule has 1 N–H and O–H groups in total. The van der Waals surface area contributed by atoms with E-state index in [1.165, 1.54) is 12.4 Å². The van der Waals surface area contributed by atoms with E-state index in [-0.39, 0.29) is 5.91 Å². The predicted octanol–water partition coefficient (Wildman–Crippen LogP) is 1.22. The van der Waals surface area contributed by atoms with Crippen LogP contribution in [0.15, 0.2) is 36.8 Å². The smallest absolute Gasteiger partial charge is 0.239 e. The maximum absolute atomic E-state index is 12.4. The molecule has 8 nitrogen and oxygen atoms in total. The number of rotatable bonds is 4. The quantitative estimate of drug-likeness (QED) is 0.746. The molecule has 1 saturated heterocycles. The largest absolute Gasteiger partial charge is 0.310 e. The zero-order valence-electron chi connectivity index (χ0n) is 18.1. The number of nitrogens with one attached hydrogen (secondary N) is 1. The van der Waals surface area contributed by atoms with Gasteiger partial charge in [0.2, 0.25) is 5.91 Å². The Morgan fingerprint density at radius 2 is 2.11 bits per heavy atom. The van der Waals surface area contributed by atoms with E-state index < -0.39 is 6.98 Å². The molecule has 0 radical (unpaired) electrons.